The predicted octanol–water partition coefficient (Wildman–Crippen LogP) is 2.56. The average molecular weight is 458 g/mol. The lowest BCUT2D eigenvalue weighted by Gasteiger charge is -2.21. The Bertz CT molecular complexity index is 558. The molecule has 5 nitrogen and oxygen atoms in total. The van der Waals surface area contributed by atoms with E-state index in [9.17, 15) is 5.11 Å². The first-order valence-corrected chi connectivity index (χ1v) is 9.24. The zero-order valence-corrected chi connectivity index (χ0v) is 17.3. The summed E-state index contributed by atoms with van der Waals surface area (Å²) in [5, 5.41) is 9.70. The van der Waals surface area contributed by atoms with Crippen LogP contribution in [-0.4, -0.2) is 53.1 Å². The molecule has 0 bridgehead atoms. The number of aliphatic hydroxyl groups is 1. The third kappa shape index (κ3) is 6.11. The summed E-state index contributed by atoms with van der Waals surface area (Å²) in [6.45, 7) is 5.31. The SMILES string of the molecule is I.NC(=NCc1ccccc1CN1CCC(O)C1)N1CCCCCC1. The molecule has 2 aliphatic heterocycles. The van der Waals surface area contributed by atoms with Gasteiger partial charge in [0.15, 0.2) is 5.96 Å². The summed E-state index contributed by atoms with van der Waals surface area (Å²) in [6, 6.07) is 8.45. The molecule has 0 spiro atoms. The van der Waals surface area contributed by atoms with Crippen molar-refractivity contribution in [3.63, 3.8) is 0 Å². The molecular formula is C19H31IN4O. The van der Waals surface area contributed by atoms with E-state index >= 15 is 0 Å². The number of halogens is 1. The second-order valence-corrected chi connectivity index (χ2v) is 7.02. The second-order valence-electron chi connectivity index (χ2n) is 7.02. The monoisotopic (exact) mass is 458 g/mol. The van der Waals surface area contributed by atoms with Gasteiger partial charge in [-0.3, -0.25) is 4.90 Å². The van der Waals surface area contributed by atoms with E-state index in [1.807, 2.05) is 0 Å². The summed E-state index contributed by atoms with van der Waals surface area (Å²) in [7, 11) is 0. The summed E-state index contributed by atoms with van der Waals surface area (Å²) < 4.78 is 0. The van der Waals surface area contributed by atoms with Crippen molar-refractivity contribution in [2.45, 2.75) is 51.3 Å². The number of aliphatic hydroxyl groups excluding tert-OH is 1. The molecule has 2 heterocycles. The van der Waals surface area contributed by atoms with Crippen LogP contribution < -0.4 is 5.73 Å². The average Bonchev–Trinajstić information content (AvgIpc) is 2.84. The van der Waals surface area contributed by atoms with Gasteiger partial charge in [-0.25, -0.2) is 4.99 Å². The number of hydrogen-bond acceptors (Lipinski definition) is 3. The number of rotatable bonds is 4. The number of likely N-dealkylation sites (tertiary alicyclic amines) is 2. The first-order valence-electron chi connectivity index (χ1n) is 9.24. The van der Waals surface area contributed by atoms with Crippen LogP contribution in [0.1, 0.15) is 43.2 Å². The molecular weight excluding hydrogens is 427 g/mol. The van der Waals surface area contributed by atoms with Crippen molar-refractivity contribution in [3.05, 3.63) is 35.4 Å². The van der Waals surface area contributed by atoms with Crippen molar-refractivity contribution in [1.82, 2.24) is 9.80 Å². The normalized spacial score (nSPS) is 22.5. The zero-order valence-electron chi connectivity index (χ0n) is 14.9. The van der Waals surface area contributed by atoms with Crippen LogP contribution in [0.15, 0.2) is 29.3 Å². The maximum Gasteiger partial charge on any atom is 0.191 e. The Hall–Kier alpha value is -0.860. The van der Waals surface area contributed by atoms with Gasteiger partial charge in [-0.1, -0.05) is 37.1 Å². The van der Waals surface area contributed by atoms with E-state index in [0.717, 1.165) is 39.1 Å². The number of guanidine groups is 1. The van der Waals surface area contributed by atoms with Gasteiger partial charge in [0.25, 0.3) is 0 Å². The van der Waals surface area contributed by atoms with Gasteiger partial charge in [0, 0.05) is 32.7 Å². The Labute approximate surface area is 168 Å². The van der Waals surface area contributed by atoms with Gasteiger partial charge >= 0.3 is 0 Å². The van der Waals surface area contributed by atoms with Crippen molar-refractivity contribution >= 4 is 29.9 Å². The third-order valence-corrected chi connectivity index (χ3v) is 5.10. The molecule has 1 aromatic carbocycles. The minimum atomic E-state index is -0.172. The van der Waals surface area contributed by atoms with Crippen LogP contribution in [0, 0.1) is 0 Å². The van der Waals surface area contributed by atoms with Crippen LogP contribution in [0.2, 0.25) is 0 Å². The second kappa shape index (κ2) is 10.3. The molecule has 1 aromatic rings. The molecule has 1 unspecified atom stereocenters. The van der Waals surface area contributed by atoms with Gasteiger partial charge in [0.05, 0.1) is 12.6 Å². The molecule has 0 amide bonds. The van der Waals surface area contributed by atoms with E-state index < -0.39 is 0 Å². The van der Waals surface area contributed by atoms with Crippen LogP contribution in [-0.2, 0) is 13.1 Å². The molecule has 1 atom stereocenters. The van der Waals surface area contributed by atoms with Crippen molar-refractivity contribution in [2.24, 2.45) is 10.7 Å². The highest BCUT2D eigenvalue weighted by Gasteiger charge is 2.20. The fourth-order valence-electron chi connectivity index (χ4n) is 3.63. The molecule has 0 saturated carbocycles. The quantitative estimate of drug-likeness (QED) is 0.414. The summed E-state index contributed by atoms with van der Waals surface area (Å²) >= 11 is 0. The summed E-state index contributed by atoms with van der Waals surface area (Å²) in [6.07, 6.45) is 5.73. The molecule has 6 heteroatoms. The number of hydrogen-bond donors (Lipinski definition) is 2. The molecule has 0 aliphatic carbocycles. The Kier molecular flexibility index (Phi) is 8.45. The van der Waals surface area contributed by atoms with Gasteiger partial charge in [0.2, 0.25) is 0 Å². The summed E-state index contributed by atoms with van der Waals surface area (Å²) in [5.74, 6) is 0.684. The molecule has 3 N–H and O–H groups in total. The van der Waals surface area contributed by atoms with Crippen LogP contribution in [0.3, 0.4) is 0 Å². The van der Waals surface area contributed by atoms with Crippen LogP contribution >= 0.6 is 24.0 Å². The first-order chi connectivity index (χ1) is 11.7. The molecule has 2 saturated heterocycles. The van der Waals surface area contributed by atoms with Gasteiger partial charge in [-0.15, -0.1) is 24.0 Å². The molecule has 0 radical (unpaired) electrons. The Morgan fingerprint density at radius 1 is 1.08 bits per heavy atom. The lowest BCUT2D eigenvalue weighted by molar-refractivity contribution is 0.174. The fourth-order valence-corrected chi connectivity index (χ4v) is 3.63. The largest absolute Gasteiger partial charge is 0.392 e. The number of aliphatic imine (C=N–C) groups is 1. The summed E-state index contributed by atoms with van der Waals surface area (Å²) in [5.41, 5.74) is 8.75. The van der Waals surface area contributed by atoms with E-state index in [0.29, 0.717) is 12.5 Å². The lowest BCUT2D eigenvalue weighted by Crippen LogP contribution is -2.38. The first kappa shape index (κ1) is 20.5. The molecule has 2 fully saturated rings. The number of nitrogens with two attached hydrogens (primary N) is 1. The van der Waals surface area contributed by atoms with Gasteiger partial charge in [0.1, 0.15) is 0 Å². The van der Waals surface area contributed by atoms with Crippen molar-refractivity contribution < 1.29 is 5.11 Å². The Morgan fingerprint density at radius 3 is 2.40 bits per heavy atom. The third-order valence-electron chi connectivity index (χ3n) is 5.10. The topological polar surface area (TPSA) is 65.1 Å². The standard InChI is InChI=1S/C19H30N4O.HI/c20-19(23-10-5-1-2-6-11-23)21-13-16-7-3-4-8-17(16)14-22-12-9-18(24)15-22;/h3-4,7-8,18,24H,1-2,5-6,9-15H2,(H2,20,21);1H. The molecule has 0 aromatic heterocycles. The van der Waals surface area contributed by atoms with Gasteiger partial charge in [-0.2, -0.15) is 0 Å². The van der Waals surface area contributed by atoms with Crippen LogP contribution in [0.25, 0.3) is 0 Å². The van der Waals surface area contributed by atoms with Gasteiger partial charge in [-0.05, 0) is 30.4 Å². The fraction of sp³-hybridized carbons (Fsp3) is 0.632. The predicted molar refractivity (Wildman–Crippen MR) is 113 cm³/mol. The highest BCUT2D eigenvalue weighted by molar-refractivity contribution is 14.0. The highest BCUT2D eigenvalue weighted by atomic mass is 127. The maximum atomic E-state index is 9.70. The zero-order chi connectivity index (χ0) is 16.8. The van der Waals surface area contributed by atoms with E-state index in [-0.39, 0.29) is 30.1 Å². The smallest absolute Gasteiger partial charge is 0.191 e. The van der Waals surface area contributed by atoms with Crippen LogP contribution in [0.4, 0.5) is 0 Å². The molecule has 2 aliphatic rings. The van der Waals surface area contributed by atoms with E-state index in [1.165, 1.54) is 36.8 Å². The Balaban J connectivity index is 0.00000225. The van der Waals surface area contributed by atoms with E-state index in [2.05, 4.69) is 39.1 Å². The van der Waals surface area contributed by atoms with Crippen molar-refractivity contribution in [2.75, 3.05) is 26.2 Å². The van der Waals surface area contributed by atoms with E-state index in [1.54, 1.807) is 0 Å². The minimum absolute atomic E-state index is 0. The van der Waals surface area contributed by atoms with E-state index in [4.69, 9.17) is 5.73 Å². The maximum absolute atomic E-state index is 9.70. The molecule has 3 rings (SSSR count). The molecule has 140 valence electrons. The lowest BCUT2D eigenvalue weighted by atomic mass is 10.1. The van der Waals surface area contributed by atoms with Gasteiger partial charge < -0.3 is 15.7 Å². The van der Waals surface area contributed by atoms with Crippen LogP contribution in [0.5, 0.6) is 0 Å². The molecule has 25 heavy (non-hydrogen) atoms. The number of β-amino-alcohol motifs (C(OH)–C–C–N with tert-alkyl or cyclic N) is 1. The van der Waals surface area contributed by atoms with Crippen molar-refractivity contribution in [1.29, 1.82) is 0 Å². The summed E-state index contributed by atoms with van der Waals surface area (Å²) in [4.78, 5) is 9.20. The highest BCUT2D eigenvalue weighted by Crippen LogP contribution is 2.17. The number of benzene rings is 1. The minimum Gasteiger partial charge on any atom is -0.392 e. The Morgan fingerprint density at radius 2 is 1.76 bits per heavy atom. The number of nitrogens with zero attached hydrogens (tertiary/aromatic N) is 3. The van der Waals surface area contributed by atoms with Crippen molar-refractivity contribution in [3.8, 4) is 0 Å².